The summed E-state index contributed by atoms with van der Waals surface area (Å²) in [6, 6.07) is 9.35. The average molecular weight is 375 g/mol. The largest absolute Gasteiger partial charge is 0.454 e. The maximum Gasteiger partial charge on any atom is 0.326 e. The van der Waals surface area contributed by atoms with Crippen LogP contribution in [0.4, 0.5) is 5.69 Å². The maximum atomic E-state index is 12.1. The molecule has 0 fully saturated rings. The Balaban J connectivity index is 1.93. The lowest BCUT2D eigenvalue weighted by Gasteiger charge is -2.28. The Morgan fingerprint density at radius 2 is 2.12 bits per heavy atom. The SMILES string of the molecule is CC(C)C(C)(C#N)NC(=O)COC(=O)CN1C(=O)CSc2ccccc21. The number of para-hydroxylation sites is 1. The number of hydrogen-bond donors (Lipinski definition) is 1. The lowest BCUT2D eigenvalue weighted by atomic mass is 9.90. The van der Waals surface area contributed by atoms with E-state index in [1.165, 1.54) is 16.7 Å². The third kappa shape index (κ3) is 4.55. The molecule has 2 amide bonds. The van der Waals surface area contributed by atoms with Gasteiger partial charge in [-0.05, 0) is 25.0 Å². The van der Waals surface area contributed by atoms with Crippen LogP contribution in [0.15, 0.2) is 29.2 Å². The molecule has 0 spiro atoms. The molecule has 7 nitrogen and oxygen atoms in total. The third-order valence-electron chi connectivity index (χ3n) is 4.25. The number of fused-ring (bicyclic) bond motifs is 1. The summed E-state index contributed by atoms with van der Waals surface area (Å²) >= 11 is 1.42. The molecular formula is C18H21N3O4S. The van der Waals surface area contributed by atoms with Crippen LogP contribution in [0.3, 0.4) is 0 Å². The van der Waals surface area contributed by atoms with Gasteiger partial charge in [0.1, 0.15) is 12.1 Å². The zero-order valence-electron chi connectivity index (χ0n) is 14.9. The van der Waals surface area contributed by atoms with Crippen LogP contribution in [0.25, 0.3) is 0 Å². The van der Waals surface area contributed by atoms with Gasteiger partial charge in [0.15, 0.2) is 6.61 Å². The third-order valence-corrected chi connectivity index (χ3v) is 5.29. The molecule has 0 radical (unpaired) electrons. The zero-order valence-corrected chi connectivity index (χ0v) is 15.8. The maximum absolute atomic E-state index is 12.1. The summed E-state index contributed by atoms with van der Waals surface area (Å²) < 4.78 is 4.98. The number of benzene rings is 1. The fourth-order valence-corrected chi connectivity index (χ4v) is 3.21. The average Bonchev–Trinajstić information content (AvgIpc) is 2.62. The van der Waals surface area contributed by atoms with E-state index >= 15 is 0 Å². The first-order valence-electron chi connectivity index (χ1n) is 8.17. The number of rotatable bonds is 6. The van der Waals surface area contributed by atoms with Gasteiger partial charge < -0.3 is 10.1 Å². The minimum atomic E-state index is -1.04. The number of nitriles is 1. The molecule has 0 bridgehead atoms. The van der Waals surface area contributed by atoms with Crippen molar-refractivity contribution in [1.29, 1.82) is 5.26 Å². The molecule has 1 atom stereocenters. The van der Waals surface area contributed by atoms with Crippen molar-refractivity contribution in [3.63, 3.8) is 0 Å². The number of ether oxygens (including phenoxy) is 1. The number of anilines is 1. The molecule has 1 aliphatic rings. The first-order valence-corrected chi connectivity index (χ1v) is 9.15. The van der Waals surface area contributed by atoms with Crippen molar-refractivity contribution in [3.05, 3.63) is 24.3 Å². The highest BCUT2D eigenvalue weighted by atomic mass is 32.2. The molecule has 1 aromatic carbocycles. The first-order chi connectivity index (χ1) is 12.3. The molecule has 0 saturated heterocycles. The molecule has 0 aromatic heterocycles. The Labute approximate surface area is 156 Å². The molecule has 1 N–H and O–H groups in total. The number of nitrogens with zero attached hydrogens (tertiary/aromatic N) is 2. The number of amides is 2. The van der Waals surface area contributed by atoms with E-state index in [4.69, 9.17) is 4.74 Å². The summed E-state index contributed by atoms with van der Waals surface area (Å²) in [5.74, 6) is -1.28. The molecule has 1 aromatic rings. The number of esters is 1. The van der Waals surface area contributed by atoms with Crippen LogP contribution >= 0.6 is 11.8 Å². The summed E-state index contributed by atoms with van der Waals surface area (Å²) in [6.07, 6.45) is 0. The minimum Gasteiger partial charge on any atom is -0.454 e. The molecule has 26 heavy (non-hydrogen) atoms. The second-order valence-electron chi connectivity index (χ2n) is 6.41. The Bertz CT molecular complexity index is 759. The minimum absolute atomic E-state index is 0.105. The Morgan fingerprint density at radius 1 is 1.42 bits per heavy atom. The van der Waals surface area contributed by atoms with E-state index in [1.807, 2.05) is 26.0 Å². The van der Waals surface area contributed by atoms with Crippen LogP contribution < -0.4 is 10.2 Å². The quantitative estimate of drug-likeness (QED) is 0.760. The van der Waals surface area contributed by atoms with Crippen molar-refractivity contribution in [3.8, 4) is 6.07 Å². The van der Waals surface area contributed by atoms with E-state index < -0.39 is 24.0 Å². The van der Waals surface area contributed by atoms with Crippen LogP contribution in [-0.4, -0.2) is 42.2 Å². The lowest BCUT2D eigenvalue weighted by molar-refractivity contribution is -0.148. The van der Waals surface area contributed by atoms with Crippen LogP contribution in [0.2, 0.25) is 0 Å². The van der Waals surface area contributed by atoms with E-state index in [9.17, 15) is 19.6 Å². The molecule has 0 aliphatic carbocycles. The van der Waals surface area contributed by atoms with Crippen LogP contribution in [0, 0.1) is 17.2 Å². The fourth-order valence-electron chi connectivity index (χ4n) is 2.28. The van der Waals surface area contributed by atoms with Crippen LogP contribution in [0.1, 0.15) is 20.8 Å². The first kappa shape index (κ1) is 19.8. The molecule has 138 valence electrons. The summed E-state index contributed by atoms with van der Waals surface area (Å²) in [5, 5.41) is 11.8. The van der Waals surface area contributed by atoms with E-state index in [2.05, 4.69) is 11.4 Å². The lowest BCUT2D eigenvalue weighted by Crippen LogP contribution is -2.50. The summed E-state index contributed by atoms with van der Waals surface area (Å²) in [7, 11) is 0. The highest BCUT2D eigenvalue weighted by Crippen LogP contribution is 2.34. The van der Waals surface area contributed by atoms with Crippen molar-refractivity contribution in [2.24, 2.45) is 5.92 Å². The van der Waals surface area contributed by atoms with Gasteiger partial charge in [-0.2, -0.15) is 5.26 Å². The summed E-state index contributed by atoms with van der Waals surface area (Å²) in [4.78, 5) is 38.4. The van der Waals surface area contributed by atoms with E-state index in [0.29, 0.717) is 5.69 Å². The molecule has 1 heterocycles. The van der Waals surface area contributed by atoms with E-state index in [1.54, 1.807) is 19.1 Å². The Morgan fingerprint density at radius 3 is 2.77 bits per heavy atom. The summed E-state index contributed by atoms with van der Waals surface area (Å²) in [6.45, 7) is 4.48. The monoisotopic (exact) mass is 375 g/mol. The highest BCUT2D eigenvalue weighted by molar-refractivity contribution is 8.00. The molecule has 2 rings (SSSR count). The highest BCUT2D eigenvalue weighted by Gasteiger charge is 2.31. The topological polar surface area (TPSA) is 99.5 Å². The van der Waals surface area contributed by atoms with Gasteiger partial charge in [0, 0.05) is 4.90 Å². The molecule has 1 unspecified atom stereocenters. The van der Waals surface area contributed by atoms with Gasteiger partial charge in [-0.25, -0.2) is 0 Å². The van der Waals surface area contributed by atoms with E-state index in [-0.39, 0.29) is 24.1 Å². The van der Waals surface area contributed by atoms with Gasteiger partial charge in [-0.1, -0.05) is 26.0 Å². The van der Waals surface area contributed by atoms with Gasteiger partial charge in [-0.3, -0.25) is 19.3 Å². The van der Waals surface area contributed by atoms with E-state index in [0.717, 1.165) is 4.90 Å². The predicted molar refractivity (Wildman–Crippen MR) is 97.5 cm³/mol. The van der Waals surface area contributed by atoms with Crippen molar-refractivity contribution in [1.82, 2.24) is 5.32 Å². The molecule has 0 saturated carbocycles. The Kier molecular flexibility index (Phi) is 6.27. The smallest absolute Gasteiger partial charge is 0.326 e. The van der Waals surface area contributed by atoms with Crippen molar-refractivity contribution in [2.75, 3.05) is 23.8 Å². The fraction of sp³-hybridized carbons (Fsp3) is 0.444. The Hall–Kier alpha value is -2.53. The normalized spacial score (nSPS) is 15.7. The number of carbonyl (C=O) groups excluding carboxylic acids is 3. The van der Waals surface area contributed by atoms with Crippen LogP contribution in [0.5, 0.6) is 0 Å². The standard InChI is InChI=1S/C18H21N3O4S/c1-12(2)18(3,11-19)20-15(22)9-25-17(24)8-21-13-6-4-5-7-14(13)26-10-16(21)23/h4-7,12H,8-10H2,1-3H3,(H,20,22). The second-order valence-corrected chi connectivity index (χ2v) is 7.43. The molecule has 1 aliphatic heterocycles. The van der Waals surface area contributed by atoms with Gasteiger partial charge in [0.25, 0.3) is 5.91 Å². The number of carbonyl (C=O) groups is 3. The second kappa shape index (κ2) is 8.23. The van der Waals surface area contributed by atoms with Crippen molar-refractivity contribution >= 4 is 35.2 Å². The van der Waals surface area contributed by atoms with Gasteiger partial charge >= 0.3 is 5.97 Å². The van der Waals surface area contributed by atoms with Gasteiger partial charge in [-0.15, -0.1) is 11.8 Å². The predicted octanol–water partition coefficient (Wildman–Crippen LogP) is 1.72. The van der Waals surface area contributed by atoms with Crippen molar-refractivity contribution < 1.29 is 19.1 Å². The zero-order chi connectivity index (χ0) is 19.3. The van der Waals surface area contributed by atoms with Gasteiger partial charge in [0.2, 0.25) is 5.91 Å². The van der Waals surface area contributed by atoms with Crippen LogP contribution in [-0.2, 0) is 19.1 Å². The number of nitrogens with one attached hydrogen (secondary N) is 1. The number of hydrogen-bond acceptors (Lipinski definition) is 6. The van der Waals surface area contributed by atoms with Gasteiger partial charge in [0.05, 0.1) is 17.5 Å². The summed E-state index contributed by atoms with van der Waals surface area (Å²) in [5.41, 5.74) is -0.380. The molecular weight excluding hydrogens is 354 g/mol. The molecule has 8 heteroatoms. The van der Waals surface area contributed by atoms with Crippen molar-refractivity contribution in [2.45, 2.75) is 31.2 Å². The number of thioether (sulfide) groups is 1.